The first-order chi connectivity index (χ1) is 8.97. The molecule has 19 heavy (non-hydrogen) atoms. The molecule has 3 atom stereocenters. The third-order valence-corrected chi connectivity index (χ3v) is 5.34. The van der Waals surface area contributed by atoms with Crippen molar-refractivity contribution < 1.29 is 0 Å². The molecule has 0 saturated heterocycles. The van der Waals surface area contributed by atoms with Gasteiger partial charge in [0.2, 0.25) is 0 Å². The summed E-state index contributed by atoms with van der Waals surface area (Å²) < 4.78 is 1.41. The normalized spacial score (nSPS) is 30.7. The summed E-state index contributed by atoms with van der Waals surface area (Å²) in [6.45, 7) is 14.9. The summed E-state index contributed by atoms with van der Waals surface area (Å²) in [5, 5.41) is 0. The van der Waals surface area contributed by atoms with Crippen LogP contribution in [-0.2, 0) is 0 Å². The van der Waals surface area contributed by atoms with Crippen molar-refractivity contribution >= 4 is 22.6 Å². The van der Waals surface area contributed by atoms with Gasteiger partial charge in [0.25, 0.3) is 0 Å². The molecule has 1 fully saturated rings. The van der Waals surface area contributed by atoms with Gasteiger partial charge < -0.3 is 0 Å². The average Bonchev–Trinajstić information content (AvgIpc) is 2.58. The smallest absolute Gasteiger partial charge is 0.00913 e. The molecule has 1 rings (SSSR count). The summed E-state index contributed by atoms with van der Waals surface area (Å²) in [6.07, 6.45) is 14.5. The molecule has 0 amide bonds. The van der Waals surface area contributed by atoms with Crippen molar-refractivity contribution in [1.82, 2.24) is 0 Å². The minimum atomic E-state index is 0.329. The third kappa shape index (κ3) is 4.08. The van der Waals surface area contributed by atoms with Gasteiger partial charge in [-0.05, 0) is 68.6 Å². The molecule has 0 radical (unpaired) electrons. The van der Waals surface area contributed by atoms with Crippen LogP contribution in [0.3, 0.4) is 0 Å². The lowest BCUT2D eigenvalue weighted by Gasteiger charge is -2.32. The quantitative estimate of drug-likeness (QED) is 0.292. The second-order valence-corrected chi connectivity index (χ2v) is 7.45. The maximum Gasteiger partial charge on any atom is -0.00913 e. The molecule has 3 unspecified atom stereocenters. The highest BCUT2D eigenvalue weighted by molar-refractivity contribution is 14.1. The zero-order valence-electron chi connectivity index (χ0n) is 12.5. The minimum absolute atomic E-state index is 0.329. The van der Waals surface area contributed by atoms with Crippen LogP contribution in [0.2, 0.25) is 0 Å². The Morgan fingerprint density at radius 3 is 2.58 bits per heavy atom. The SMILES string of the molecule is C=C/C=C(/I)CC1CC(/C=C\CC)C(C=C)C1(C)C. The first-order valence-electron chi connectivity index (χ1n) is 7.23. The van der Waals surface area contributed by atoms with E-state index in [1.807, 2.05) is 6.08 Å². The van der Waals surface area contributed by atoms with E-state index in [1.54, 1.807) is 0 Å². The van der Waals surface area contributed by atoms with Crippen LogP contribution in [0.25, 0.3) is 0 Å². The van der Waals surface area contributed by atoms with Gasteiger partial charge >= 0.3 is 0 Å². The van der Waals surface area contributed by atoms with Crippen molar-refractivity contribution in [3.63, 3.8) is 0 Å². The summed E-state index contributed by atoms with van der Waals surface area (Å²) in [5.74, 6) is 1.98. The maximum absolute atomic E-state index is 4.08. The average molecular weight is 370 g/mol. The monoisotopic (exact) mass is 370 g/mol. The molecule has 0 aliphatic heterocycles. The van der Waals surface area contributed by atoms with Crippen LogP contribution < -0.4 is 0 Å². The van der Waals surface area contributed by atoms with Crippen LogP contribution in [0.5, 0.6) is 0 Å². The van der Waals surface area contributed by atoms with Crippen LogP contribution in [0, 0.1) is 23.2 Å². The van der Waals surface area contributed by atoms with Gasteiger partial charge in [0, 0.05) is 0 Å². The standard InChI is InChI=1S/C18H27I/c1-6-9-11-14-12-15(13-16(19)10-7-2)18(4,5)17(14)8-3/h7-11,14-15,17H,2-3,6,12-13H2,1,4-5H3/b11-9-,16-10+. The van der Waals surface area contributed by atoms with Gasteiger partial charge in [-0.2, -0.15) is 0 Å². The van der Waals surface area contributed by atoms with E-state index in [1.165, 1.54) is 16.4 Å². The van der Waals surface area contributed by atoms with Crippen LogP contribution >= 0.6 is 22.6 Å². The maximum atomic E-state index is 4.08. The van der Waals surface area contributed by atoms with Gasteiger partial charge in [-0.3, -0.25) is 0 Å². The van der Waals surface area contributed by atoms with Crippen LogP contribution in [0.1, 0.15) is 40.0 Å². The Balaban J connectivity index is 2.89. The Hall–Kier alpha value is -0.310. The van der Waals surface area contributed by atoms with E-state index >= 15 is 0 Å². The largest absolute Gasteiger partial charge is 0.103 e. The van der Waals surface area contributed by atoms with Crippen LogP contribution in [0.4, 0.5) is 0 Å². The third-order valence-electron chi connectivity index (χ3n) is 4.54. The molecule has 1 aliphatic rings. The van der Waals surface area contributed by atoms with E-state index in [0.717, 1.165) is 12.3 Å². The summed E-state index contributed by atoms with van der Waals surface area (Å²) in [7, 11) is 0. The van der Waals surface area contributed by atoms with Crippen molar-refractivity contribution in [3.8, 4) is 0 Å². The predicted molar refractivity (Wildman–Crippen MR) is 95.4 cm³/mol. The minimum Gasteiger partial charge on any atom is -0.103 e. The molecule has 0 aromatic rings. The number of rotatable bonds is 6. The lowest BCUT2D eigenvalue weighted by molar-refractivity contribution is 0.212. The molecule has 0 bridgehead atoms. The van der Waals surface area contributed by atoms with Gasteiger partial charge in [-0.1, -0.05) is 57.7 Å². The number of halogens is 1. The fourth-order valence-electron chi connectivity index (χ4n) is 3.37. The summed E-state index contributed by atoms with van der Waals surface area (Å²) in [5.41, 5.74) is 0.329. The first-order valence-corrected chi connectivity index (χ1v) is 8.31. The summed E-state index contributed by atoms with van der Waals surface area (Å²) >= 11 is 2.45. The lowest BCUT2D eigenvalue weighted by atomic mass is 9.73. The molecule has 0 aromatic heterocycles. The van der Waals surface area contributed by atoms with E-state index < -0.39 is 0 Å². The second-order valence-electron chi connectivity index (χ2n) is 6.07. The topological polar surface area (TPSA) is 0 Å². The summed E-state index contributed by atoms with van der Waals surface area (Å²) in [6, 6.07) is 0. The highest BCUT2D eigenvalue weighted by Gasteiger charge is 2.46. The van der Waals surface area contributed by atoms with Gasteiger partial charge in [-0.15, -0.1) is 6.58 Å². The van der Waals surface area contributed by atoms with Crippen molar-refractivity contribution in [3.05, 3.63) is 47.1 Å². The van der Waals surface area contributed by atoms with Gasteiger partial charge in [0.1, 0.15) is 0 Å². The van der Waals surface area contributed by atoms with Gasteiger partial charge in [0.05, 0.1) is 0 Å². The van der Waals surface area contributed by atoms with Gasteiger partial charge in [0.15, 0.2) is 0 Å². The van der Waals surface area contributed by atoms with E-state index in [2.05, 4.69) is 80.8 Å². The van der Waals surface area contributed by atoms with Crippen LogP contribution in [0.15, 0.2) is 47.1 Å². The Labute approximate surface area is 132 Å². The molecular weight excluding hydrogens is 343 g/mol. The van der Waals surface area contributed by atoms with Crippen molar-refractivity contribution in [2.24, 2.45) is 23.2 Å². The molecule has 1 heteroatoms. The van der Waals surface area contributed by atoms with Crippen LogP contribution in [-0.4, -0.2) is 0 Å². The number of allylic oxidation sites excluding steroid dienone is 6. The molecule has 0 nitrogen and oxygen atoms in total. The Kier molecular flexibility index (Phi) is 6.58. The van der Waals surface area contributed by atoms with Crippen molar-refractivity contribution in [2.45, 2.75) is 40.0 Å². The van der Waals surface area contributed by atoms with Crippen molar-refractivity contribution in [2.75, 3.05) is 0 Å². The molecule has 0 aromatic carbocycles. The molecule has 0 heterocycles. The molecule has 1 aliphatic carbocycles. The summed E-state index contributed by atoms with van der Waals surface area (Å²) in [4.78, 5) is 0. The second kappa shape index (κ2) is 7.47. The molecule has 0 spiro atoms. The zero-order chi connectivity index (χ0) is 14.5. The van der Waals surface area contributed by atoms with E-state index in [-0.39, 0.29) is 0 Å². The number of hydrogen-bond donors (Lipinski definition) is 0. The first kappa shape index (κ1) is 16.7. The van der Waals surface area contributed by atoms with E-state index in [9.17, 15) is 0 Å². The molecule has 106 valence electrons. The highest BCUT2D eigenvalue weighted by atomic mass is 127. The lowest BCUT2D eigenvalue weighted by Crippen LogP contribution is -2.25. The Bertz CT molecular complexity index is 373. The zero-order valence-corrected chi connectivity index (χ0v) is 14.7. The fourth-order valence-corrected chi connectivity index (χ4v) is 4.15. The van der Waals surface area contributed by atoms with Crippen molar-refractivity contribution in [1.29, 1.82) is 0 Å². The predicted octanol–water partition coefficient (Wildman–Crippen LogP) is 6.31. The van der Waals surface area contributed by atoms with E-state index in [0.29, 0.717) is 17.3 Å². The highest BCUT2D eigenvalue weighted by Crippen LogP contribution is 2.54. The Morgan fingerprint density at radius 2 is 2.05 bits per heavy atom. The molecular formula is C18H27I. The molecule has 0 N–H and O–H groups in total. The Morgan fingerprint density at radius 1 is 1.37 bits per heavy atom. The molecule has 1 saturated carbocycles. The van der Waals surface area contributed by atoms with Gasteiger partial charge in [-0.25, -0.2) is 0 Å². The van der Waals surface area contributed by atoms with E-state index in [4.69, 9.17) is 0 Å². The fraction of sp³-hybridized carbons (Fsp3) is 0.556. The number of hydrogen-bond acceptors (Lipinski definition) is 0.